The van der Waals surface area contributed by atoms with Gasteiger partial charge in [0.1, 0.15) is 5.76 Å². The number of amides is 1. The number of nitrogens with zero attached hydrogens (tertiary/aromatic N) is 1. The summed E-state index contributed by atoms with van der Waals surface area (Å²) in [6, 6.07) is 14.0. The number of hydrogen-bond acceptors (Lipinski definition) is 2. The molecule has 3 rings (SSSR count). The lowest BCUT2D eigenvalue weighted by Gasteiger charge is -2.25. The summed E-state index contributed by atoms with van der Waals surface area (Å²) < 4.78 is 5.42. The van der Waals surface area contributed by atoms with Crippen molar-refractivity contribution in [2.75, 3.05) is 0 Å². The summed E-state index contributed by atoms with van der Waals surface area (Å²) in [7, 11) is 0. The molecule has 1 aromatic carbocycles. The van der Waals surface area contributed by atoms with Gasteiger partial charge >= 0.3 is 0 Å². The van der Waals surface area contributed by atoms with E-state index < -0.39 is 0 Å². The van der Waals surface area contributed by atoms with Crippen molar-refractivity contribution >= 4 is 5.91 Å². The summed E-state index contributed by atoms with van der Waals surface area (Å²) in [6.45, 7) is 1.20. The fraction of sp³-hybridized carbons (Fsp3) is 0.389. The van der Waals surface area contributed by atoms with E-state index in [4.69, 9.17) is 4.42 Å². The van der Waals surface area contributed by atoms with Crippen LogP contribution in [0.2, 0.25) is 0 Å². The van der Waals surface area contributed by atoms with Crippen molar-refractivity contribution in [1.29, 1.82) is 0 Å². The second-order valence-electron chi connectivity index (χ2n) is 5.74. The average Bonchev–Trinajstić information content (AvgIpc) is 3.20. The fourth-order valence-corrected chi connectivity index (χ4v) is 3.04. The van der Waals surface area contributed by atoms with Crippen LogP contribution in [0.1, 0.15) is 37.0 Å². The van der Waals surface area contributed by atoms with E-state index in [9.17, 15) is 4.79 Å². The van der Waals surface area contributed by atoms with Crippen LogP contribution in [-0.4, -0.2) is 10.8 Å². The third kappa shape index (κ3) is 3.54. The average molecular weight is 283 g/mol. The van der Waals surface area contributed by atoms with E-state index in [0.29, 0.717) is 13.1 Å². The first-order valence-electron chi connectivity index (χ1n) is 7.68. The van der Waals surface area contributed by atoms with E-state index in [2.05, 4.69) is 12.1 Å². The number of benzene rings is 1. The molecule has 1 aromatic heterocycles. The molecule has 2 aromatic rings. The van der Waals surface area contributed by atoms with Crippen molar-refractivity contribution in [3.05, 3.63) is 60.1 Å². The van der Waals surface area contributed by atoms with Crippen molar-refractivity contribution in [3.63, 3.8) is 0 Å². The highest BCUT2D eigenvalue weighted by Crippen LogP contribution is 2.27. The minimum atomic E-state index is 0.198. The Labute approximate surface area is 125 Å². The van der Waals surface area contributed by atoms with Gasteiger partial charge in [0.25, 0.3) is 0 Å². The zero-order valence-electron chi connectivity index (χ0n) is 12.2. The van der Waals surface area contributed by atoms with Crippen molar-refractivity contribution in [2.24, 2.45) is 5.92 Å². The quantitative estimate of drug-likeness (QED) is 0.831. The molecule has 0 bridgehead atoms. The molecule has 1 amide bonds. The normalized spacial score (nSPS) is 15.2. The molecule has 0 N–H and O–H groups in total. The van der Waals surface area contributed by atoms with Gasteiger partial charge in [-0.1, -0.05) is 43.2 Å². The van der Waals surface area contributed by atoms with E-state index in [1.54, 1.807) is 6.26 Å². The zero-order chi connectivity index (χ0) is 14.5. The maximum atomic E-state index is 12.8. The Morgan fingerprint density at radius 2 is 1.81 bits per heavy atom. The van der Waals surface area contributed by atoms with Gasteiger partial charge in [-0.05, 0) is 30.5 Å². The molecule has 1 saturated carbocycles. The maximum absolute atomic E-state index is 12.8. The molecule has 1 aliphatic carbocycles. The summed E-state index contributed by atoms with van der Waals surface area (Å²) in [6.07, 6.45) is 6.08. The molecule has 0 radical (unpaired) electrons. The lowest BCUT2D eigenvalue weighted by molar-refractivity contribution is -0.136. The Kier molecular flexibility index (Phi) is 4.39. The first kappa shape index (κ1) is 13.9. The first-order chi connectivity index (χ1) is 10.3. The Bertz CT molecular complexity index is 556. The summed E-state index contributed by atoms with van der Waals surface area (Å²) in [5.74, 6) is 1.31. The molecule has 1 fully saturated rings. The van der Waals surface area contributed by atoms with E-state index in [1.165, 1.54) is 12.8 Å². The van der Waals surface area contributed by atoms with Crippen LogP contribution in [0.4, 0.5) is 0 Å². The van der Waals surface area contributed by atoms with Crippen LogP contribution < -0.4 is 0 Å². The molecule has 1 aliphatic rings. The lowest BCUT2D eigenvalue weighted by atomic mass is 10.1. The largest absolute Gasteiger partial charge is 0.467 e. The molecule has 0 atom stereocenters. The maximum Gasteiger partial charge on any atom is 0.226 e. The number of carbonyl (C=O) groups is 1. The molecular weight excluding hydrogens is 262 g/mol. The molecule has 1 heterocycles. The molecular formula is C18H21NO2. The van der Waals surface area contributed by atoms with Gasteiger partial charge in [-0.3, -0.25) is 4.79 Å². The Hall–Kier alpha value is -2.03. The van der Waals surface area contributed by atoms with Crippen LogP contribution in [0.15, 0.2) is 53.1 Å². The second-order valence-corrected chi connectivity index (χ2v) is 5.74. The van der Waals surface area contributed by atoms with Crippen LogP contribution in [0.5, 0.6) is 0 Å². The smallest absolute Gasteiger partial charge is 0.226 e. The molecule has 0 unspecified atom stereocenters. The zero-order valence-corrected chi connectivity index (χ0v) is 12.2. The number of carbonyl (C=O) groups excluding carboxylic acids is 1. The van der Waals surface area contributed by atoms with E-state index in [0.717, 1.165) is 24.2 Å². The lowest BCUT2D eigenvalue weighted by Crippen LogP contribution is -2.34. The van der Waals surface area contributed by atoms with Gasteiger partial charge in [-0.2, -0.15) is 0 Å². The highest BCUT2D eigenvalue weighted by molar-refractivity contribution is 5.79. The van der Waals surface area contributed by atoms with Crippen LogP contribution in [0.3, 0.4) is 0 Å². The van der Waals surface area contributed by atoms with E-state index in [-0.39, 0.29) is 11.8 Å². The van der Waals surface area contributed by atoms with E-state index >= 15 is 0 Å². The molecule has 3 heteroatoms. The molecule has 3 nitrogen and oxygen atoms in total. The number of furan rings is 1. The van der Waals surface area contributed by atoms with Gasteiger partial charge in [-0.15, -0.1) is 0 Å². The fourth-order valence-electron chi connectivity index (χ4n) is 3.04. The predicted molar refractivity (Wildman–Crippen MR) is 81.4 cm³/mol. The van der Waals surface area contributed by atoms with Crippen LogP contribution in [0, 0.1) is 5.92 Å². The second kappa shape index (κ2) is 6.61. The Morgan fingerprint density at radius 3 is 2.48 bits per heavy atom. The van der Waals surface area contributed by atoms with Gasteiger partial charge in [-0.25, -0.2) is 0 Å². The predicted octanol–water partition coefficient (Wildman–Crippen LogP) is 4.00. The van der Waals surface area contributed by atoms with Crippen molar-refractivity contribution < 1.29 is 9.21 Å². The first-order valence-corrected chi connectivity index (χ1v) is 7.68. The van der Waals surface area contributed by atoms with Crippen molar-refractivity contribution in [1.82, 2.24) is 4.90 Å². The topological polar surface area (TPSA) is 33.5 Å². The van der Waals surface area contributed by atoms with Gasteiger partial charge in [0, 0.05) is 12.5 Å². The van der Waals surface area contributed by atoms with Crippen LogP contribution >= 0.6 is 0 Å². The SMILES string of the molecule is O=C(C1CCCC1)N(Cc1ccccc1)Cc1ccco1. The molecule has 110 valence electrons. The highest BCUT2D eigenvalue weighted by atomic mass is 16.3. The third-order valence-corrected chi connectivity index (χ3v) is 4.16. The Balaban J connectivity index is 1.74. The van der Waals surface area contributed by atoms with Gasteiger partial charge in [0.15, 0.2) is 0 Å². The summed E-state index contributed by atoms with van der Waals surface area (Å²) in [4.78, 5) is 14.7. The van der Waals surface area contributed by atoms with E-state index in [1.807, 2.05) is 35.2 Å². The molecule has 0 saturated heterocycles. The van der Waals surface area contributed by atoms with Crippen LogP contribution in [-0.2, 0) is 17.9 Å². The van der Waals surface area contributed by atoms with Gasteiger partial charge < -0.3 is 9.32 Å². The molecule has 0 aliphatic heterocycles. The summed E-state index contributed by atoms with van der Waals surface area (Å²) in [5, 5.41) is 0. The third-order valence-electron chi connectivity index (χ3n) is 4.16. The standard InChI is InChI=1S/C18H21NO2/c20-18(16-9-4-5-10-16)19(14-17-11-6-12-21-17)13-15-7-2-1-3-8-15/h1-3,6-8,11-12,16H,4-5,9-10,13-14H2. The van der Waals surface area contributed by atoms with Gasteiger partial charge in [0.05, 0.1) is 12.8 Å². The van der Waals surface area contributed by atoms with Gasteiger partial charge in [0.2, 0.25) is 5.91 Å². The number of rotatable bonds is 5. The van der Waals surface area contributed by atoms with Crippen molar-refractivity contribution in [3.8, 4) is 0 Å². The Morgan fingerprint density at radius 1 is 1.05 bits per heavy atom. The van der Waals surface area contributed by atoms with Crippen LogP contribution in [0.25, 0.3) is 0 Å². The summed E-state index contributed by atoms with van der Waals surface area (Å²) in [5.41, 5.74) is 1.16. The highest BCUT2D eigenvalue weighted by Gasteiger charge is 2.27. The summed E-state index contributed by atoms with van der Waals surface area (Å²) >= 11 is 0. The number of hydrogen-bond donors (Lipinski definition) is 0. The minimum absolute atomic E-state index is 0.198. The molecule has 21 heavy (non-hydrogen) atoms. The monoisotopic (exact) mass is 283 g/mol. The molecule has 0 spiro atoms. The minimum Gasteiger partial charge on any atom is -0.467 e. The van der Waals surface area contributed by atoms with Crippen molar-refractivity contribution in [2.45, 2.75) is 38.8 Å².